The molecule has 4 heterocycles. The van der Waals surface area contributed by atoms with Crippen LogP contribution in [0.1, 0.15) is 20.7 Å². The molecular weight excluding hydrogens is 494 g/mol. The van der Waals surface area contributed by atoms with Crippen molar-refractivity contribution >= 4 is 34.7 Å². The van der Waals surface area contributed by atoms with Crippen molar-refractivity contribution in [2.24, 2.45) is 0 Å². The van der Waals surface area contributed by atoms with E-state index in [4.69, 9.17) is 9.72 Å². The van der Waals surface area contributed by atoms with E-state index in [0.29, 0.717) is 60.3 Å². The number of fused-ring (bicyclic) bond motifs is 1. The van der Waals surface area contributed by atoms with E-state index >= 15 is 0 Å². The second kappa shape index (κ2) is 10.7. The number of hydrogen-bond donors (Lipinski definition) is 2. The van der Waals surface area contributed by atoms with Crippen molar-refractivity contribution in [3.05, 3.63) is 103 Å². The molecule has 3 aromatic heterocycles. The Balaban J connectivity index is 1.24. The first-order valence-electron chi connectivity index (χ1n) is 12.5. The molecule has 6 rings (SSSR count). The van der Waals surface area contributed by atoms with E-state index in [2.05, 4.69) is 20.6 Å². The third kappa shape index (κ3) is 5.32. The molecule has 0 bridgehead atoms. The van der Waals surface area contributed by atoms with Crippen LogP contribution in [0.5, 0.6) is 0 Å². The topological polar surface area (TPSA) is 114 Å². The van der Waals surface area contributed by atoms with Crippen molar-refractivity contribution in [3.8, 4) is 11.3 Å². The van der Waals surface area contributed by atoms with Gasteiger partial charge in [-0.3, -0.25) is 14.6 Å². The molecule has 0 atom stereocenters. The number of anilines is 3. The van der Waals surface area contributed by atoms with E-state index in [1.807, 2.05) is 53.2 Å². The number of nitrogens with one attached hydrogen (secondary N) is 2. The molecule has 1 aliphatic rings. The molecule has 0 saturated carbocycles. The van der Waals surface area contributed by atoms with E-state index in [9.17, 15) is 9.59 Å². The predicted molar refractivity (Wildman–Crippen MR) is 147 cm³/mol. The van der Waals surface area contributed by atoms with Gasteiger partial charge < -0.3 is 24.7 Å². The largest absolute Gasteiger partial charge is 0.378 e. The molecule has 0 unspecified atom stereocenters. The average molecular weight is 520 g/mol. The van der Waals surface area contributed by atoms with E-state index in [-0.39, 0.29) is 11.8 Å². The summed E-state index contributed by atoms with van der Waals surface area (Å²) in [5, 5.41) is 6.25. The Kier molecular flexibility index (Phi) is 6.67. The molecule has 194 valence electrons. The third-order valence-corrected chi connectivity index (χ3v) is 6.41. The maximum atomic E-state index is 12.8. The van der Waals surface area contributed by atoms with Gasteiger partial charge in [-0.1, -0.05) is 12.1 Å². The maximum Gasteiger partial charge on any atom is 0.257 e. The molecule has 2 aromatic carbocycles. The zero-order valence-electron chi connectivity index (χ0n) is 20.9. The molecule has 2 amide bonds. The van der Waals surface area contributed by atoms with Crippen LogP contribution < -0.4 is 10.6 Å². The van der Waals surface area contributed by atoms with Crippen molar-refractivity contribution in [2.45, 2.75) is 0 Å². The molecule has 1 saturated heterocycles. The van der Waals surface area contributed by atoms with Crippen LogP contribution in [0, 0.1) is 0 Å². The van der Waals surface area contributed by atoms with Gasteiger partial charge in [-0.15, -0.1) is 0 Å². The second-order valence-corrected chi connectivity index (χ2v) is 9.02. The van der Waals surface area contributed by atoms with Gasteiger partial charge in [-0.2, -0.15) is 0 Å². The summed E-state index contributed by atoms with van der Waals surface area (Å²) in [5.74, 6) is 0.321. The monoisotopic (exact) mass is 519 g/mol. The fourth-order valence-electron chi connectivity index (χ4n) is 4.39. The molecule has 1 fully saturated rings. The van der Waals surface area contributed by atoms with E-state index in [0.717, 1.165) is 11.3 Å². The minimum atomic E-state index is -0.240. The van der Waals surface area contributed by atoms with E-state index in [1.54, 1.807) is 41.6 Å². The standard InChI is InChI=1S/C29H25N7O3/c37-28(22-4-2-10-30-18-22)33-24-5-1-3-21(17-24)25-19-36-12-11-31-27(36)26(34-25)32-23-8-6-20(7-9-23)29(38)35-13-15-39-16-14-35/h1-12,17-19H,13-16H2,(H,32,34)(H,33,37). The fourth-order valence-corrected chi connectivity index (χ4v) is 4.39. The van der Waals surface area contributed by atoms with Crippen LogP contribution in [0.3, 0.4) is 0 Å². The molecule has 1 aliphatic heterocycles. The quantitative estimate of drug-likeness (QED) is 0.345. The van der Waals surface area contributed by atoms with Crippen LogP contribution in [-0.2, 0) is 4.74 Å². The van der Waals surface area contributed by atoms with E-state index < -0.39 is 0 Å². The van der Waals surface area contributed by atoms with Gasteiger partial charge in [0, 0.05) is 66.6 Å². The molecule has 0 spiro atoms. The fraction of sp³-hybridized carbons (Fsp3) is 0.138. The summed E-state index contributed by atoms with van der Waals surface area (Å²) in [4.78, 5) is 40.5. The van der Waals surface area contributed by atoms with Crippen molar-refractivity contribution in [1.82, 2.24) is 24.3 Å². The lowest BCUT2D eigenvalue weighted by atomic mass is 10.1. The lowest BCUT2D eigenvalue weighted by Gasteiger charge is -2.26. The number of carbonyl (C=O) groups is 2. The highest BCUT2D eigenvalue weighted by molar-refractivity contribution is 6.04. The first-order valence-corrected chi connectivity index (χ1v) is 12.5. The van der Waals surface area contributed by atoms with Gasteiger partial charge in [0.1, 0.15) is 0 Å². The normalized spacial score (nSPS) is 13.3. The number of rotatable bonds is 6. The molecule has 39 heavy (non-hydrogen) atoms. The van der Waals surface area contributed by atoms with Gasteiger partial charge in [-0.25, -0.2) is 9.97 Å². The summed E-state index contributed by atoms with van der Waals surface area (Å²) in [6.45, 7) is 2.32. The van der Waals surface area contributed by atoms with Gasteiger partial charge in [0.05, 0.1) is 24.5 Å². The summed E-state index contributed by atoms with van der Waals surface area (Å²) in [6, 6.07) is 18.3. The van der Waals surface area contributed by atoms with Crippen LogP contribution in [0.2, 0.25) is 0 Å². The number of morpholine rings is 1. The van der Waals surface area contributed by atoms with Crippen LogP contribution >= 0.6 is 0 Å². The molecule has 10 nitrogen and oxygen atoms in total. The number of pyridine rings is 1. The smallest absolute Gasteiger partial charge is 0.257 e. The Bertz CT molecular complexity index is 1630. The number of ether oxygens (including phenoxy) is 1. The van der Waals surface area contributed by atoms with Gasteiger partial charge in [0.15, 0.2) is 11.5 Å². The van der Waals surface area contributed by atoms with Crippen molar-refractivity contribution in [3.63, 3.8) is 0 Å². The number of carbonyl (C=O) groups excluding carboxylic acids is 2. The molecule has 2 N–H and O–H groups in total. The summed E-state index contributed by atoms with van der Waals surface area (Å²) in [5.41, 5.74) is 4.70. The Labute approximate surface area is 224 Å². The highest BCUT2D eigenvalue weighted by Crippen LogP contribution is 2.27. The van der Waals surface area contributed by atoms with Crippen molar-refractivity contribution in [2.75, 3.05) is 36.9 Å². The van der Waals surface area contributed by atoms with Gasteiger partial charge in [0.2, 0.25) is 0 Å². The van der Waals surface area contributed by atoms with Crippen LogP contribution in [0.25, 0.3) is 16.9 Å². The zero-order chi connectivity index (χ0) is 26.6. The number of imidazole rings is 1. The molecule has 0 radical (unpaired) electrons. The number of amides is 2. The van der Waals surface area contributed by atoms with Crippen molar-refractivity contribution in [1.29, 1.82) is 0 Å². The third-order valence-electron chi connectivity index (χ3n) is 6.41. The Morgan fingerprint density at radius 2 is 1.74 bits per heavy atom. The second-order valence-electron chi connectivity index (χ2n) is 9.02. The molecule has 0 aliphatic carbocycles. The number of nitrogens with zero attached hydrogens (tertiary/aromatic N) is 5. The lowest BCUT2D eigenvalue weighted by molar-refractivity contribution is 0.0303. The van der Waals surface area contributed by atoms with Crippen LogP contribution in [-0.4, -0.2) is 62.4 Å². The first-order chi connectivity index (χ1) is 19.1. The van der Waals surface area contributed by atoms with Crippen LogP contribution in [0.4, 0.5) is 17.2 Å². The van der Waals surface area contributed by atoms with E-state index in [1.165, 1.54) is 6.20 Å². The Morgan fingerprint density at radius 1 is 0.897 bits per heavy atom. The Hall–Kier alpha value is -5.09. The summed E-state index contributed by atoms with van der Waals surface area (Å²) >= 11 is 0. The number of hydrogen-bond acceptors (Lipinski definition) is 7. The summed E-state index contributed by atoms with van der Waals surface area (Å²) in [7, 11) is 0. The van der Waals surface area contributed by atoms with Crippen LogP contribution in [0.15, 0.2) is 91.6 Å². The number of aromatic nitrogens is 4. The molecule has 5 aromatic rings. The SMILES string of the molecule is O=C(Nc1cccc(-c2cn3ccnc3c(Nc3ccc(C(=O)N4CCOCC4)cc3)n2)c1)c1cccnc1. The van der Waals surface area contributed by atoms with Gasteiger partial charge >= 0.3 is 0 Å². The zero-order valence-corrected chi connectivity index (χ0v) is 20.9. The molecular formula is C29H25N7O3. The van der Waals surface area contributed by atoms with Gasteiger partial charge in [-0.05, 0) is 48.5 Å². The average Bonchev–Trinajstić information content (AvgIpc) is 3.48. The minimum Gasteiger partial charge on any atom is -0.378 e. The maximum absolute atomic E-state index is 12.8. The summed E-state index contributed by atoms with van der Waals surface area (Å²) < 4.78 is 7.23. The predicted octanol–water partition coefficient (Wildman–Crippen LogP) is 4.26. The highest BCUT2D eigenvalue weighted by Gasteiger charge is 2.18. The highest BCUT2D eigenvalue weighted by atomic mass is 16.5. The molecule has 10 heteroatoms. The minimum absolute atomic E-state index is 0.00359. The summed E-state index contributed by atoms with van der Waals surface area (Å²) in [6.07, 6.45) is 8.60. The lowest BCUT2D eigenvalue weighted by Crippen LogP contribution is -2.40. The number of benzene rings is 2. The first kappa shape index (κ1) is 24.3. The van der Waals surface area contributed by atoms with Gasteiger partial charge in [0.25, 0.3) is 11.8 Å². The van der Waals surface area contributed by atoms with Crippen molar-refractivity contribution < 1.29 is 14.3 Å². The Morgan fingerprint density at radius 3 is 2.54 bits per heavy atom.